The Kier molecular flexibility index (Phi) is 6.64. The van der Waals surface area contributed by atoms with Crippen molar-refractivity contribution in [2.45, 2.75) is 37.5 Å². The van der Waals surface area contributed by atoms with Crippen molar-refractivity contribution in [1.29, 1.82) is 0 Å². The molecule has 4 nitrogen and oxygen atoms in total. The molecule has 0 aliphatic rings. The Hall–Kier alpha value is -2.63. The molecule has 156 valence electrons. The van der Waals surface area contributed by atoms with Crippen LogP contribution in [0.5, 0.6) is 0 Å². The van der Waals surface area contributed by atoms with Crippen LogP contribution in [0.4, 0.5) is 0 Å². The Morgan fingerprint density at radius 3 is 2.10 bits per heavy atom. The zero-order valence-corrected chi connectivity index (χ0v) is 18.7. The van der Waals surface area contributed by atoms with Gasteiger partial charge in [0.2, 0.25) is 5.91 Å². The quantitative estimate of drug-likeness (QED) is 0.530. The van der Waals surface area contributed by atoms with Crippen LogP contribution >= 0.6 is 11.6 Å². The Morgan fingerprint density at radius 1 is 0.867 bits per heavy atom. The molecule has 1 atom stereocenters. The van der Waals surface area contributed by atoms with E-state index >= 15 is 0 Å². The molecule has 1 amide bonds. The van der Waals surface area contributed by atoms with Gasteiger partial charge in [-0.2, -0.15) is 0 Å². The number of carbonyl (C=O) groups excluding carboxylic acids is 1. The third kappa shape index (κ3) is 4.74. The van der Waals surface area contributed by atoms with Gasteiger partial charge in [0, 0.05) is 10.6 Å². The molecule has 3 aromatic rings. The van der Waals surface area contributed by atoms with Gasteiger partial charge in [0.15, 0.2) is 0 Å². The Labute approximate surface area is 183 Å². The van der Waals surface area contributed by atoms with Gasteiger partial charge >= 0.3 is 0 Å². The molecule has 0 bridgehead atoms. The molecule has 3 rings (SSSR count). The van der Waals surface area contributed by atoms with Crippen LogP contribution in [0.2, 0.25) is 5.02 Å². The predicted octanol–water partition coefficient (Wildman–Crippen LogP) is 5.74. The first-order valence-electron chi connectivity index (χ1n) is 9.71. The van der Waals surface area contributed by atoms with Gasteiger partial charge in [-0.3, -0.25) is 4.79 Å². The minimum absolute atomic E-state index is 0.0163. The topological polar surface area (TPSA) is 63.2 Å². The standard InChI is InChI=1S/C24H24ClNO3S/c1-16(2)20-8-5-7-11-23(20)30(28,29)26-24(27)17(3)18-12-14-19(15-13-18)21-9-4-6-10-22(21)25/h4-17H,1-3H3,(H,26,27). The molecule has 6 heteroatoms. The summed E-state index contributed by atoms with van der Waals surface area (Å²) in [5, 5.41) is 0.644. The number of amides is 1. The maximum Gasteiger partial charge on any atom is 0.264 e. The lowest BCUT2D eigenvalue weighted by molar-refractivity contribution is -0.120. The summed E-state index contributed by atoms with van der Waals surface area (Å²) < 4.78 is 27.9. The Balaban J connectivity index is 1.80. The molecule has 0 saturated carbocycles. The van der Waals surface area contributed by atoms with Crippen LogP contribution in [0.3, 0.4) is 0 Å². The van der Waals surface area contributed by atoms with Crippen LogP contribution in [-0.2, 0) is 14.8 Å². The van der Waals surface area contributed by atoms with Gasteiger partial charge in [-0.25, -0.2) is 13.1 Å². The van der Waals surface area contributed by atoms with Crippen LogP contribution in [0.25, 0.3) is 11.1 Å². The molecule has 1 unspecified atom stereocenters. The number of hydrogen-bond donors (Lipinski definition) is 1. The van der Waals surface area contributed by atoms with Crippen LogP contribution in [0, 0.1) is 0 Å². The second-order valence-corrected chi connectivity index (χ2v) is 9.54. The number of hydrogen-bond acceptors (Lipinski definition) is 3. The van der Waals surface area contributed by atoms with Crippen molar-refractivity contribution < 1.29 is 13.2 Å². The van der Waals surface area contributed by atoms with Gasteiger partial charge in [0.1, 0.15) is 0 Å². The predicted molar refractivity (Wildman–Crippen MR) is 121 cm³/mol. The molecule has 0 aromatic heterocycles. The third-order valence-corrected chi connectivity index (χ3v) is 6.80. The maximum atomic E-state index is 12.8. The highest BCUT2D eigenvalue weighted by atomic mass is 35.5. The summed E-state index contributed by atoms with van der Waals surface area (Å²) in [4.78, 5) is 12.8. The molecule has 0 saturated heterocycles. The number of carbonyl (C=O) groups is 1. The van der Waals surface area contributed by atoms with Crippen LogP contribution in [0.15, 0.2) is 77.7 Å². The molecule has 3 aromatic carbocycles. The highest BCUT2D eigenvalue weighted by Crippen LogP contribution is 2.29. The number of halogens is 1. The molecule has 0 fully saturated rings. The second kappa shape index (κ2) is 9.02. The van der Waals surface area contributed by atoms with E-state index in [2.05, 4.69) is 4.72 Å². The largest absolute Gasteiger partial charge is 0.273 e. The average molecular weight is 442 g/mol. The zero-order valence-electron chi connectivity index (χ0n) is 17.1. The van der Waals surface area contributed by atoms with E-state index in [4.69, 9.17) is 11.6 Å². The fourth-order valence-electron chi connectivity index (χ4n) is 3.28. The lowest BCUT2D eigenvalue weighted by Gasteiger charge is -2.16. The first-order chi connectivity index (χ1) is 14.2. The van der Waals surface area contributed by atoms with E-state index in [1.807, 2.05) is 62.4 Å². The summed E-state index contributed by atoms with van der Waals surface area (Å²) in [6.07, 6.45) is 0. The molecule has 0 aliphatic carbocycles. The van der Waals surface area contributed by atoms with E-state index in [0.717, 1.165) is 16.7 Å². The fourth-order valence-corrected chi connectivity index (χ4v) is 4.94. The second-order valence-electron chi connectivity index (χ2n) is 7.49. The lowest BCUT2D eigenvalue weighted by Crippen LogP contribution is -2.34. The van der Waals surface area contributed by atoms with Crippen molar-refractivity contribution in [2.24, 2.45) is 0 Å². The van der Waals surface area contributed by atoms with Crippen molar-refractivity contribution in [2.75, 3.05) is 0 Å². The molecular formula is C24H24ClNO3S. The van der Waals surface area contributed by atoms with E-state index in [1.165, 1.54) is 6.07 Å². The van der Waals surface area contributed by atoms with Gasteiger partial charge in [0.05, 0.1) is 10.8 Å². The van der Waals surface area contributed by atoms with E-state index in [9.17, 15) is 13.2 Å². The van der Waals surface area contributed by atoms with Gasteiger partial charge in [0.25, 0.3) is 10.0 Å². The molecule has 0 aliphatic heterocycles. The minimum atomic E-state index is -3.96. The summed E-state index contributed by atoms with van der Waals surface area (Å²) in [5.41, 5.74) is 3.22. The van der Waals surface area contributed by atoms with Crippen molar-refractivity contribution in [3.63, 3.8) is 0 Å². The Morgan fingerprint density at radius 2 is 1.47 bits per heavy atom. The summed E-state index contributed by atoms with van der Waals surface area (Å²) >= 11 is 6.25. The van der Waals surface area contributed by atoms with Crippen molar-refractivity contribution in [3.8, 4) is 11.1 Å². The number of rotatable bonds is 6. The van der Waals surface area contributed by atoms with Crippen LogP contribution < -0.4 is 4.72 Å². The lowest BCUT2D eigenvalue weighted by atomic mass is 9.97. The average Bonchev–Trinajstić information content (AvgIpc) is 2.73. The van der Waals surface area contributed by atoms with Crippen molar-refractivity contribution in [3.05, 3.63) is 88.9 Å². The molecule has 1 N–H and O–H groups in total. The molecular weight excluding hydrogens is 418 g/mol. The van der Waals surface area contributed by atoms with E-state index in [1.54, 1.807) is 25.1 Å². The Bertz CT molecular complexity index is 1160. The zero-order chi connectivity index (χ0) is 21.9. The first kappa shape index (κ1) is 22.1. The van der Waals surface area contributed by atoms with Gasteiger partial charge in [-0.05, 0) is 41.7 Å². The normalized spacial score (nSPS) is 12.6. The van der Waals surface area contributed by atoms with E-state index in [-0.39, 0.29) is 10.8 Å². The van der Waals surface area contributed by atoms with Gasteiger partial charge in [-0.15, -0.1) is 0 Å². The van der Waals surface area contributed by atoms with Crippen molar-refractivity contribution in [1.82, 2.24) is 4.72 Å². The maximum absolute atomic E-state index is 12.8. The van der Waals surface area contributed by atoms with Gasteiger partial charge < -0.3 is 0 Å². The molecule has 0 radical (unpaired) electrons. The monoisotopic (exact) mass is 441 g/mol. The minimum Gasteiger partial charge on any atom is -0.273 e. The van der Waals surface area contributed by atoms with Gasteiger partial charge in [-0.1, -0.05) is 86.1 Å². The van der Waals surface area contributed by atoms with Crippen LogP contribution in [-0.4, -0.2) is 14.3 Å². The van der Waals surface area contributed by atoms with E-state index in [0.29, 0.717) is 10.6 Å². The summed E-state index contributed by atoms with van der Waals surface area (Å²) in [6, 6.07) is 21.6. The smallest absolute Gasteiger partial charge is 0.264 e. The number of benzene rings is 3. The highest BCUT2D eigenvalue weighted by Gasteiger charge is 2.25. The summed E-state index contributed by atoms with van der Waals surface area (Å²) in [7, 11) is -3.96. The third-order valence-electron chi connectivity index (χ3n) is 5.05. The fraction of sp³-hybridized carbons (Fsp3) is 0.208. The van der Waals surface area contributed by atoms with Crippen LogP contribution in [0.1, 0.15) is 43.7 Å². The highest BCUT2D eigenvalue weighted by molar-refractivity contribution is 7.90. The summed E-state index contributed by atoms with van der Waals surface area (Å²) in [6.45, 7) is 5.52. The first-order valence-corrected chi connectivity index (χ1v) is 11.6. The molecule has 0 spiro atoms. The molecule has 30 heavy (non-hydrogen) atoms. The van der Waals surface area contributed by atoms with E-state index < -0.39 is 21.8 Å². The molecule has 0 heterocycles. The number of sulfonamides is 1. The SMILES string of the molecule is CC(C)c1ccccc1S(=O)(=O)NC(=O)C(C)c1ccc(-c2ccccc2Cl)cc1. The summed E-state index contributed by atoms with van der Waals surface area (Å²) in [5.74, 6) is -1.19. The van der Waals surface area contributed by atoms with Crippen molar-refractivity contribution >= 4 is 27.5 Å². The number of nitrogens with one attached hydrogen (secondary N) is 1.